The number of nitrogens with zero attached hydrogens (tertiary/aromatic N) is 1. The third-order valence-electron chi connectivity index (χ3n) is 2.39. The second-order valence-corrected chi connectivity index (χ2v) is 4.60. The molecule has 2 rings (SSSR count). The Balaban J connectivity index is 2.84. The number of rotatable bonds is 1. The summed E-state index contributed by atoms with van der Waals surface area (Å²) in [5, 5.41) is 10.3. The van der Waals surface area contributed by atoms with Crippen LogP contribution in [0.4, 0.5) is 0 Å². The molecule has 0 aliphatic carbocycles. The van der Waals surface area contributed by atoms with Gasteiger partial charge in [-0.3, -0.25) is 0 Å². The van der Waals surface area contributed by atoms with Crippen molar-refractivity contribution in [2.75, 3.05) is 0 Å². The minimum atomic E-state index is 0.864. The molecule has 14 heavy (non-hydrogen) atoms. The van der Waals surface area contributed by atoms with E-state index in [4.69, 9.17) is 5.26 Å². The summed E-state index contributed by atoms with van der Waals surface area (Å²) in [5.74, 6) is 0. The molecule has 1 heterocycles. The zero-order valence-electron chi connectivity index (χ0n) is 8.29. The van der Waals surface area contributed by atoms with Gasteiger partial charge in [-0.25, -0.2) is 0 Å². The molecule has 0 aliphatic rings. The molecule has 1 aromatic heterocycles. The van der Waals surface area contributed by atoms with E-state index in [9.17, 15) is 0 Å². The lowest BCUT2D eigenvalue weighted by atomic mass is 10.0. The van der Waals surface area contributed by atoms with Crippen LogP contribution >= 0.6 is 11.3 Å². The Kier molecular flexibility index (Phi) is 2.26. The molecule has 0 saturated carbocycles. The second kappa shape index (κ2) is 3.43. The van der Waals surface area contributed by atoms with E-state index in [1.54, 1.807) is 11.3 Å². The van der Waals surface area contributed by atoms with Gasteiger partial charge in [-0.05, 0) is 30.4 Å². The first-order chi connectivity index (χ1) is 6.76. The number of hydrogen-bond acceptors (Lipinski definition) is 2. The van der Waals surface area contributed by atoms with Crippen LogP contribution in [0.3, 0.4) is 0 Å². The van der Waals surface area contributed by atoms with Crippen LogP contribution in [0.1, 0.15) is 22.9 Å². The fourth-order valence-electron chi connectivity index (χ4n) is 1.69. The molecule has 70 valence electrons. The first-order valence-corrected chi connectivity index (χ1v) is 5.50. The Hall–Kier alpha value is -1.33. The van der Waals surface area contributed by atoms with E-state index >= 15 is 0 Å². The van der Waals surface area contributed by atoms with Gasteiger partial charge in [-0.15, -0.1) is 11.3 Å². The van der Waals surface area contributed by atoms with Crippen molar-refractivity contribution in [1.29, 1.82) is 5.26 Å². The summed E-state index contributed by atoms with van der Waals surface area (Å²) in [6, 6.07) is 8.62. The van der Waals surface area contributed by atoms with Gasteiger partial charge in [0.1, 0.15) is 6.07 Å². The third-order valence-corrected chi connectivity index (χ3v) is 3.47. The Bertz CT molecular complexity index is 517. The van der Waals surface area contributed by atoms with Gasteiger partial charge >= 0.3 is 0 Å². The van der Waals surface area contributed by atoms with E-state index in [1.807, 2.05) is 0 Å². The molecule has 1 aromatic carbocycles. The molecule has 0 radical (unpaired) electrons. The summed E-state index contributed by atoms with van der Waals surface area (Å²) in [5.41, 5.74) is 2.02. The summed E-state index contributed by atoms with van der Waals surface area (Å²) >= 11 is 1.71. The van der Waals surface area contributed by atoms with Gasteiger partial charge in [-0.1, -0.05) is 19.1 Å². The molecular weight excluding hydrogens is 190 g/mol. The Morgan fingerprint density at radius 3 is 2.86 bits per heavy atom. The van der Waals surface area contributed by atoms with Crippen LogP contribution < -0.4 is 0 Å². The Morgan fingerprint density at radius 1 is 1.43 bits per heavy atom. The number of benzene rings is 1. The highest BCUT2D eigenvalue weighted by Crippen LogP contribution is 2.30. The van der Waals surface area contributed by atoms with Crippen LogP contribution in [0.2, 0.25) is 0 Å². The number of thiophene rings is 1. The summed E-state index contributed by atoms with van der Waals surface area (Å²) in [7, 11) is 0. The van der Waals surface area contributed by atoms with Gasteiger partial charge in [0.2, 0.25) is 0 Å². The van der Waals surface area contributed by atoms with Gasteiger partial charge in [0, 0.05) is 4.88 Å². The van der Waals surface area contributed by atoms with Gasteiger partial charge in [-0.2, -0.15) is 5.26 Å². The predicted molar refractivity (Wildman–Crippen MR) is 60.7 cm³/mol. The molecule has 0 saturated heterocycles. The number of hydrogen-bond donors (Lipinski definition) is 0. The van der Waals surface area contributed by atoms with Crippen LogP contribution in [0.25, 0.3) is 10.1 Å². The quantitative estimate of drug-likeness (QED) is 0.691. The van der Waals surface area contributed by atoms with E-state index in [-0.39, 0.29) is 0 Å². The topological polar surface area (TPSA) is 23.8 Å². The SMILES string of the molecule is CCc1ccc2cc(C)sc2c1C#N. The number of aryl methyl sites for hydroxylation is 2. The van der Waals surface area contributed by atoms with Crippen LogP contribution in [-0.4, -0.2) is 0 Å². The van der Waals surface area contributed by atoms with Crippen LogP contribution in [0.5, 0.6) is 0 Å². The standard InChI is InChI=1S/C12H11NS/c1-3-9-4-5-10-6-8(2)14-12(10)11(9)7-13/h4-6H,3H2,1-2H3. The lowest BCUT2D eigenvalue weighted by Crippen LogP contribution is -1.86. The summed E-state index contributed by atoms with van der Waals surface area (Å²) in [6.07, 6.45) is 0.926. The predicted octanol–water partition coefficient (Wildman–Crippen LogP) is 3.64. The summed E-state index contributed by atoms with van der Waals surface area (Å²) < 4.78 is 1.14. The average molecular weight is 201 g/mol. The van der Waals surface area contributed by atoms with Gasteiger partial charge in [0.15, 0.2) is 0 Å². The fourth-order valence-corrected chi connectivity index (χ4v) is 2.72. The zero-order chi connectivity index (χ0) is 10.1. The Morgan fingerprint density at radius 2 is 2.21 bits per heavy atom. The zero-order valence-corrected chi connectivity index (χ0v) is 9.11. The lowest BCUT2D eigenvalue weighted by molar-refractivity contribution is 1.14. The molecule has 1 nitrogen and oxygen atoms in total. The minimum absolute atomic E-state index is 0.864. The summed E-state index contributed by atoms with van der Waals surface area (Å²) in [4.78, 5) is 1.27. The molecule has 0 N–H and O–H groups in total. The monoisotopic (exact) mass is 201 g/mol. The highest BCUT2D eigenvalue weighted by molar-refractivity contribution is 7.19. The molecule has 2 heteroatoms. The first kappa shape index (κ1) is 9.23. The lowest BCUT2D eigenvalue weighted by Gasteiger charge is -2.00. The molecule has 0 unspecified atom stereocenters. The van der Waals surface area contributed by atoms with Gasteiger partial charge in [0.05, 0.1) is 10.3 Å². The van der Waals surface area contributed by atoms with Crippen molar-refractivity contribution in [3.63, 3.8) is 0 Å². The largest absolute Gasteiger partial charge is 0.192 e. The minimum Gasteiger partial charge on any atom is -0.192 e. The van der Waals surface area contributed by atoms with Crippen LogP contribution in [0, 0.1) is 18.3 Å². The highest BCUT2D eigenvalue weighted by atomic mass is 32.1. The molecule has 0 fully saturated rings. The normalized spacial score (nSPS) is 10.4. The Labute approximate surface area is 87.6 Å². The maximum Gasteiger partial charge on any atom is 0.101 e. The van der Waals surface area contributed by atoms with E-state index in [2.05, 4.69) is 38.1 Å². The van der Waals surface area contributed by atoms with E-state index in [0.29, 0.717) is 0 Å². The first-order valence-electron chi connectivity index (χ1n) is 4.68. The van der Waals surface area contributed by atoms with Crippen molar-refractivity contribution in [3.8, 4) is 6.07 Å². The average Bonchev–Trinajstić information content (AvgIpc) is 2.56. The molecule has 2 aromatic rings. The second-order valence-electron chi connectivity index (χ2n) is 3.34. The maximum absolute atomic E-state index is 9.11. The van der Waals surface area contributed by atoms with Crippen molar-refractivity contribution >= 4 is 21.4 Å². The van der Waals surface area contributed by atoms with Gasteiger partial charge in [0.25, 0.3) is 0 Å². The molecule has 0 atom stereocenters. The van der Waals surface area contributed by atoms with Crippen molar-refractivity contribution in [3.05, 3.63) is 34.2 Å². The van der Waals surface area contributed by atoms with Crippen molar-refractivity contribution in [1.82, 2.24) is 0 Å². The summed E-state index contributed by atoms with van der Waals surface area (Å²) in [6.45, 7) is 4.17. The van der Waals surface area contributed by atoms with Crippen LogP contribution in [-0.2, 0) is 6.42 Å². The third kappa shape index (κ3) is 1.30. The molecular formula is C12H11NS. The van der Waals surface area contributed by atoms with E-state index < -0.39 is 0 Å². The highest BCUT2D eigenvalue weighted by Gasteiger charge is 2.07. The number of fused-ring (bicyclic) bond motifs is 1. The van der Waals surface area contributed by atoms with E-state index in [0.717, 1.165) is 22.2 Å². The maximum atomic E-state index is 9.11. The van der Waals surface area contributed by atoms with Crippen molar-refractivity contribution in [2.24, 2.45) is 0 Å². The van der Waals surface area contributed by atoms with Crippen molar-refractivity contribution in [2.45, 2.75) is 20.3 Å². The molecule has 0 spiro atoms. The van der Waals surface area contributed by atoms with Crippen molar-refractivity contribution < 1.29 is 0 Å². The molecule has 0 amide bonds. The molecule has 0 bridgehead atoms. The smallest absolute Gasteiger partial charge is 0.101 e. The molecule has 0 aliphatic heterocycles. The fraction of sp³-hybridized carbons (Fsp3) is 0.250. The number of nitriles is 1. The van der Waals surface area contributed by atoms with Gasteiger partial charge < -0.3 is 0 Å². The van der Waals surface area contributed by atoms with E-state index in [1.165, 1.54) is 10.3 Å². The van der Waals surface area contributed by atoms with Crippen LogP contribution in [0.15, 0.2) is 18.2 Å².